The molecule has 0 radical (unpaired) electrons. The zero-order valence-electron chi connectivity index (χ0n) is 21.0. The number of ether oxygens (including phenoxy) is 1. The van der Waals surface area contributed by atoms with E-state index in [9.17, 15) is 13.2 Å². The highest BCUT2D eigenvalue weighted by molar-refractivity contribution is 6.40. The third kappa shape index (κ3) is 4.84. The van der Waals surface area contributed by atoms with Gasteiger partial charge in [-0.15, -0.1) is 10.2 Å². The highest BCUT2D eigenvalue weighted by Crippen LogP contribution is 2.44. The van der Waals surface area contributed by atoms with Gasteiger partial charge < -0.3 is 15.0 Å². The van der Waals surface area contributed by atoms with Crippen molar-refractivity contribution in [2.24, 2.45) is 17.8 Å². The van der Waals surface area contributed by atoms with Crippen molar-refractivity contribution in [1.29, 1.82) is 0 Å². The Morgan fingerprint density at radius 3 is 2.40 bits per heavy atom. The first-order chi connectivity index (χ1) is 16.5. The molecule has 0 spiro atoms. The van der Waals surface area contributed by atoms with Crippen LogP contribution in [0.5, 0.6) is 0 Å². The molecule has 5 nitrogen and oxygen atoms in total. The predicted molar refractivity (Wildman–Crippen MR) is 136 cm³/mol. The fraction of sp³-hybridized carbons (Fsp3) is 0.600. The number of likely N-dealkylation sites (tertiary alicyclic amines) is 1. The first-order valence-electron chi connectivity index (χ1n) is 12.6. The van der Waals surface area contributed by atoms with Gasteiger partial charge >= 0.3 is 6.18 Å². The van der Waals surface area contributed by atoms with Crippen LogP contribution in [-0.2, 0) is 10.9 Å². The van der Waals surface area contributed by atoms with Crippen LogP contribution in [0.2, 0.25) is 0 Å². The average molecular weight is 484 g/mol. The number of aromatic nitrogens is 2. The number of rotatable bonds is 5. The lowest BCUT2D eigenvalue weighted by molar-refractivity contribution is -0.137. The maximum absolute atomic E-state index is 14.0. The number of hydrogen-bond donors (Lipinski definition) is 1. The molecule has 1 aromatic carbocycles. The van der Waals surface area contributed by atoms with E-state index in [4.69, 9.17) is 4.74 Å². The summed E-state index contributed by atoms with van der Waals surface area (Å²) in [6, 6.07) is 6.81. The number of alkyl halides is 3. The normalized spacial score (nSPS) is 27.3. The second kappa shape index (κ2) is 9.11. The summed E-state index contributed by atoms with van der Waals surface area (Å²) in [7, 11) is 4.62. The van der Waals surface area contributed by atoms with Crippen molar-refractivity contribution in [3.05, 3.63) is 41.0 Å². The van der Waals surface area contributed by atoms with Crippen molar-refractivity contribution >= 4 is 21.5 Å². The SMILES string of the molecule is BC(B)(C1CCOC1)N1C[C@H]2C[C@H](Nc3nnc(-c4cc(C)ccc4C)cc3C(F)(F)F)C[C@H]2C1. The molecule has 3 fully saturated rings. The molecule has 10 heteroatoms. The number of benzene rings is 1. The van der Waals surface area contributed by atoms with E-state index in [-0.39, 0.29) is 22.9 Å². The zero-order chi connectivity index (χ0) is 25.0. The smallest absolute Gasteiger partial charge is 0.381 e. The van der Waals surface area contributed by atoms with Crippen LogP contribution in [0.15, 0.2) is 24.3 Å². The Morgan fingerprint density at radius 1 is 1.06 bits per heavy atom. The summed E-state index contributed by atoms with van der Waals surface area (Å²) < 4.78 is 47.7. The predicted octanol–water partition coefficient (Wildman–Crippen LogP) is 2.86. The molecule has 0 bridgehead atoms. The Bertz CT molecular complexity index is 1080. The molecule has 1 aliphatic carbocycles. The Labute approximate surface area is 207 Å². The quantitative estimate of drug-likeness (QED) is 0.662. The van der Waals surface area contributed by atoms with Crippen LogP contribution in [0.25, 0.3) is 11.3 Å². The number of hydrogen-bond acceptors (Lipinski definition) is 5. The molecule has 3 heterocycles. The van der Waals surface area contributed by atoms with Gasteiger partial charge in [0, 0.05) is 37.9 Å². The lowest BCUT2D eigenvalue weighted by Crippen LogP contribution is -2.55. The lowest BCUT2D eigenvalue weighted by atomic mass is 9.53. The first kappa shape index (κ1) is 24.6. The lowest BCUT2D eigenvalue weighted by Gasteiger charge is -2.41. The maximum atomic E-state index is 14.0. The average Bonchev–Trinajstić information content (AvgIpc) is 3.52. The molecule has 1 N–H and O–H groups in total. The number of nitrogens with one attached hydrogen (secondary N) is 1. The summed E-state index contributed by atoms with van der Waals surface area (Å²) in [6.45, 7) is 7.44. The summed E-state index contributed by atoms with van der Waals surface area (Å²) in [6.07, 6.45) is -1.70. The van der Waals surface area contributed by atoms with Crippen molar-refractivity contribution in [3.8, 4) is 11.3 Å². The van der Waals surface area contributed by atoms with Gasteiger partial charge in [-0.2, -0.15) is 13.2 Å². The minimum Gasteiger partial charge on any atom is -0.381 e. The monoisotopic (exact) mass is 484 g/mol. The summed E-state index contributed by atoms with van der Waals surface area (Å²) in [5.41, 5.74) is 2.03. The number of halogens is 3. The van der Waals surface area contributed by atoms with E-state index < -0.39 is 11.7 Å². The van der Waals surface area contributed by atoms with Gasteiger partial charge in [0.15, 0.2) is 5.82 Å². The van der Waals surface area contributed by atoms with Crippen LogP contribution in [0.3, 0.4) is 0 Å². The molecular formula is C25H33B2F3N4O. The highest BCUT2D eigenvalue weighted by Gasteiger charge is 2.47. The fourth-order valence-corrected chi connectivity index (χ4v) is 6.29. The molecule has 1 unspecified atom stereocenters. The Hall–Kier alpha value is -2.06. The van der Waals surface area contributed by atoms with Crippen molar-refractivity contribution in [2.75, 3.05) is 31.6 Å². The Morgan fingerprint density at radius 2 is 1.77 bits per heavy atom. The molecule has 1 saturated carbocycles. The van der Waals surface area contributed by atoms with Gasteiger partial charge in [0.25, 0.3) is 0 Å². The van der Waals surface area contributed by atoms with Crippen LogP contribution in [0, 0.1) is 31.6 Å². The third-order valence-corrected chi connectivity index (χ3v) is 8.60. The molecule has 2 saturated heterocycles. The van der Waals surface area contributed by atoms with E-state index in [2.05, 4.69) is 36.1 Å². The van der Waals surface area contributed by atoms with Crippen LogP contribution in [0.4, 0.5) is 19.0 Å². The van der Waals surface area contributed by atoms with Crippen molar-refractivity contribution in [1.82, 2.24) is 15.1 Å². The zero-order valence-corrected chi connectivity index (χ0v) is 21.0. The summed E-state index contributed by atoms with van der Waals surface area (Å²) in [4.78, 5) is 2.58. The molecule has 3 aliphatic rings. The molecule has 186 valence electrons. The van der Waals surface area contributed by atoms with E-state index in [0.717, 1.165) is 62.8 Å². The van der Waals surface area contributed by atoms with Gasteiger partial charge in [0.2, 0.25) is 0 Å². The van der Waals surface area contributed by atoms with Gasteiger partial charge in [0.1, 0.15) is 21.3 Å². The number of nitrogens with zero attached hydrogens (tertiary/aromatic N) is 3. The van der Waals surface area contributed by atoms with E-state index in [1.54, 1.807) is 0 Å². The molecule has 4 atom stereocenters. The van der Waals surface area contributed by atoms with E-state index >= 15 is 0 Å². The van der Waals surface area contributed by atoms with Gasteiger partial charge in [-0.25, -0.2) is 0 Å². The summed E-state index contributed by atoms with van der Waals surface area (Å²) in [5, 5.41) is 11.5. The Balaban J connectivity index is 1.30. The van der Waals surface area contributed by atoms with Gasteiger partial charge in [-0.3, -0.25) is 0 Å². The summed E-state index contributed by atoms with van der Waals surface area (Å²) >= 11 is 0. The molecular weight excluding hydrogens is 451 g/mol. The van der Waals surface area contributed by atoms with E-state index in [0.29, 0.717) is 23.3 Å². The minimum atomic E-state index is -4.51. The van der Waals surface area contributed by atoms with Gasteiger partial charge in [0.05, 0.1) is 5.69 Å². The third-order valence-electron chi connectivity index (χ3n) is 8.60. The van der Waals surface area contributed by atoms with Gasteiger partial charge in [-0.1, -0.05) is 17.7 Å². The topological polar surface area (TPSA) is 50.3 Å². The van der Waals surface area contributed by atoms with Gasteiger partial charge in [-0.05, 0) is 73.9 Å². The number of anilines is 1. The molecule has 35 heavy (non-hydrogen) atoms. The van der Waals surface area contributed by atoms with E-state index in [1.165, 1.54) is 0 Å². The fourth-order valence-electron chi connectivity index (χ4n) is 6.29. The standard InChI is InChI=1S/C25H33B2F3N4O/c1-14-3-4-15(2)20(7-14)22-10-21(25(28,29)30)23(33-32-22)31-19-8-16-11-34(12-17(16)9-19)24(26,27)18-5-6-35-13-18/h3-4,7,10,16-19H,5-6,8-9,11-13,26-27H2,1-2H3,(H,31,33)/t16-,17+,18?,19+. The van der Waals surface area contributed by atoms with Crippen LogP contribution in [0.1, 0.15) is 36.0 Å². The van der Waals surface area contributed by atoms with Crippen LogP contribution < -0.4 is 5.32 Å². The largest absolute Gasteiger partial charge is 0.420 e. The van der Waals surface area contributed by atoms with Crippen LogP contribution >= 0.6 is 0 Å². The molecule has 2 aromatic rings. The molecule has 2 aliphatic heterocycles. The van der Waals surface area contributed by atoms with E-state index in [1.807, 2.05) is 32.0 Å². The second-order valence-electron chi connectivity index (χ2n) is 11.3. The second-order valence-corrected chi connectivity index (χ2v) is 11.3. The number of aryl methyl sites for hydroxylation is 2. The molecule has 1 aromatic heterocycles. The highest BCUT2D eigenvalue weighted by atomic mass is 19.4. The maximum Gasteiger partial charge on any atom is 0.420 e. The summed E-state index contributed by atoms with van der Waals surface area (Å²) in [5.74, 6) is 1.36. The molecule has 0 amide bonds. The minimum absolute atomic E-state index is 0.0213. The number of fused-ring (bicyclic) bond motifs is 1. The van der Waals surface area contributed by atoms with Crippen molar-refractivity contribution < 1.29 is 17.9 Å². The molecule has 5 rings (SSSR count). The van der Waals surface area contributed by atoms with Crippen LogP contribution in [-0.4, -0.2) is 68.5 Å². The van der Waals surface area contributed by atoms with Crippen molar-refractivity contribution in [3.63, 3.8) is 0 Å². The Kier molecular flexibility index (Phi) is 6.41. The first-order valence-corrected chi connectivity index (χ1v) is 12.6. The van der Waals surface area contributed by atoms with Crippen molar-refractivity contribution in [2.45, 2.75) is 50.7 Å².